The highest BCUT2D eigenvalue weighted by Gasteiger charge is 2.15. The third kappa shape index (κ3) is 5.45. The van der Waals surface area contributed by atoms with E-state index in [4.69, 9.17) is 4.74 Å². The Hall–Kier alpha value is -4.52. The minimum atomic E-state index is -0.484. The molecule has 7 heteroatoms. The minimum absolute atomic E-state index is 0.253. The van der Waals surface area contributed by atoms with Crippen molar-refractivity contribution in [2.45, 2.75) is 13.8 Å². The van der Waals surface area contributed by atoms with Crippen molar-refractivity contribution in [1.29, 1.82) is 0 Å². The van der Waals surface area contributed by atoms with Crippen LogP contribution >= 0.6 is 0 Å². The SMILES string of the molecule is CCOC(=O)c1ccccc1NC(=O)c1cccc(Nc2cc(-c3ccccc3)nc(C)n2)c1. The van der Waals surface area contributed by atoms with Crippen LogP contribution in [-0.2, 0) is 4.74 Å². The number of benzene rings is 3. The van der Waals surface area contributed by atoms with E-state index in [1.54, 1.807) is 49.4 Å². The van der Waals surface area contributed by atoms with Crippen LogP contribution in [0.1, 0.15) is 33.5 Å². The zero-order valence-electron chi connectivity index (χ0n) is 18.9. The molecular formula is C27H24N4O3. The van der Waals surface area contributed by atoms with Crippen LogP contribution in [0.2, 0.25) is 0 Å². The highest BCUT2D eigenvalue weighted by atomic mass is 16.5. The first kappa shape index (κ1) is 22.7. The van der Waals surface area contributed by atoms with Crippen molar-refractivity contribution in [2.75, 3.05) is 17.2 Å². The van der Waals surface area contributed by atoms with Gasteiger partial charge in [0.1, 0.15) is 11.6 Å². The zero-order valence-corrected chi connectivity index (χ0v) is 18.9. The molecule has 7 nitrogen and oxygen atoms in total. The molecule has 0 aliphatic carbocycles. The number of esters is 1. The molecule has 0 radical (unpaired) electrons. The fourth-order valence-electron chi connectivity index (χ4n) is 3.45. The number of carbonyl (C=O) groups is 2. The molecule has 2 N–H and O–H groups in total. The third-order valence-corrected chi connectivity index (χ3v) is 4.98. The van der Waals surface area contributed by atoms with E-state index in [2.05, 4.69) is 20.6 Å². The number of amides is 1. The van der Waals surface area contributed by atoms with Crippen LogP contribution < -0.4 is 10.6 Å². The van der Waals surface area contributed by atoms with Gasteiger partial charge in [-0.05, 0) is 44.2 Å². The van der Waals surface area contributed by atoms with Crippen LogP contribution in [0.25, 0.3) is 11.3 Å². The van der Waals surface area contributed by atoms with Gasteiger partial charge in [-0.15, -0.1) is 0 Å². The summed E-state index contributed by atoms with van der Waals surface area (Å²) in [7, 11) is 0. The van der Waals surface area contributed by atoms with Crippen LogP contribution in [0, 0.1) is 6.92 Å². The normalized spacial score (nSPS) is 10.4. The first-order valence-corrected chi connectivity index (χ1v) is 10.9. The molecule has 3 aromatic carbocycles. The van der Waals surface area contributed by atoms with E-state index in [-0.39, 0.29) is 12.5 Å². The number of aryl methyl sites for hydroxylation is 1. The van der Waals surface area contributed by atoms with Gasteiger partial charge in [0.2, 0.25) is 0 Å². The number of para-hydroxylation sites is 1. The summed E-state index contributed by atoms with van der Waals surface area (Å²) >= 11 is 0. The Kier molecular flexibility index (Phi) is 6.93. The Morgan fingerprint density at radius 1 is 0.882 bits per heavy atom. The van der Waals surface area contributed by atoms with Crippen LogP contribution in [0.4, 0.5) is 17.2 Å². The summed E-state index contributed by atoms with van der Waals surface area (Å²) in [5.74, 6) is 0.427. The van der Waals surface area contributed by atoms with Crippen molar-refractivity contribution in [3.8, 4) is 11.3 Å². The van der Waals surface area contributed by atoms with Crippen molar-refractivity contribution >= 4 is 29.1 Å². The fraction of sp³-hybridized carbons (Fsp3) is 0.111. The van der Waals surface area contributed by atoms with Crippen molar-refractivity contribution in [3.05, 3.63) is 102 Å². The second-order valence-electron chi connectivity index (χ2n) is 7.48. The molecule has 1 heterocycles. The van der Waals surface area contributed by atoms with Crippen LogP contribution in [0.5, 0.6) is 0 Å². The van der Waals surface area contributed by atoms with E-state index < -0.39 is 5.97 Å². The molecule has 0 saturated carbocycles. The molecule has 1 aromatic heterocycles. The maximum Gasteiger partial charge on any atom is 0.340 e. The summed E-state index contributed by atoms with van der Waals surface area (Å²) in [4.78, 5) is 34.1. The van der Waals surface area contributed by atoms with E-state index in [0.29, 0.717) is 34.1 Å². The lowest BCUT2D eigenvalue weighted by atomic mass is 10.1. The Bertz CT molecular complexity index is 1320. The number of nitrogens with zero attached hydrogens (tertiary/aromatic N) is 2. The number of ether oxygens (including phenoxy) is 1. The highest BCUT2D eigenvalue weighted by Crippen LogP contribution is 2.23. The molecule has 0 fully saturated rings. The van der Waals surface area contributed by atoms with Gasteiger partial charge in [-0.1, -0.05) is 48.5 Å². The molecule has 0 atom stereocenters. The first-order chi connectivity index (χ1) is 16.5. The van der Waals surface area contributed by atoms with E-state index in [0.717, 1.165) is 11.3 Å². The predicted molar refractivity (Wildman–Crippen MR) is 132 cm³/mol. The van der Waals surface area contributed by atoms with Gasteiger partial charge in [0.15, 0.2) is 0 Å². The van der Waals surface area contributed by atoms with E-state index in [1.807, 2.05) is 49.4 Å². The molecule has 0 bridgehead atoms. The summed E-state index contributed by atoms with van der Waals surface area (Å²) in [6.07, 6.45) is 0. The zero-order chi connectivity index (χ0) is 23.9. The molecule has 4 rings (SSSR count). The Labute approximate surface area is 197 Å². The summed E-state index contributed by atoms with van der Waals surface area (Å²) in [6, 6.07) is 25.5. The van der Waals surface area contributed by atoms with Crippen LogP contribution in [0.15, 0.2) is 84.9 Å². The lowest BCUT2D eigenvalue weighted by Gasteiger charge is -2.12. The highest BCUT2D eigenvalue weighted by molar-refractivity contribution is 6.08. The minimum Gasteiger partial charge on any atom is -0.462 e. The average Bonchev–Trinajstić information content (AvgIpc) is 2.85. The van der Waals surface area contributed by atoms with Gasteiger partial charge in [-0.25, -0.2) is 14.8 Å². The van der Waals surface area contributed by atoms with Crippen LogP contribution in [-0.4, -0.2) is 28.5 Å². The number of nitrogens with one attached hydrogen (secondary N) is 2. The molecule has 0 aliphatic heterocycles. The Morgan fingerprint density at radius 2 is 1.65 bits per heavy atom. The summed E-state index contributed by atoms with van der Waals surface area (Å²) in [5, 5.41) is 6.06. The maximum atomic E-state index is 12.9. The van der Waals surface area contributed by atoms with Crippen molar-refractivity contribution in [2.24, 2.45) is 0 Å². The van der Waals surface area contributed by atoms with Gasteiger partial charge >= 0.3 is 5.97 Å². The summed E-state index contributed by atoms with van der Waals surface area (Å²) < 4.78 is 5.08. The van der Waals surface area contributed by atoms with Crippen molar-refractivity contribution in [1.82, 2.24) is 9.97 Å². The molecule has 170 valence electrons. The van der Waals surface area contributed by atoms with E-state index in [9.17, 15) is 9.59 Å². The molecule has 0 unspecified atom stereocenters. The number of aromatic nitrogens is 2. The van der Waals surface area contributed by atoms with Gasteiger partial charge in [0, 0.05) is 22.9 Å². The average molecular weight is 453 g/mol. The standard InChI is InChI=1S/C27H24N4O3/c1-3-34-27(33)22-14-7-8-15-23(22)31-26(32)20-12-9-13-21(16-20)30-25-17-24(28-18(2)29-25)19-10-5-4-6-11-19/h4-17H,3H2,1-2H3,(H,31,32)(H,28,29,30). The lowest BCUT2D eigenvalue weighted by molar-refractivity contribution is 0.0527. The van der Waals surface area contributed by atoms with Crippen LogP contribution in [0.3, 0.4) is 0 Å². The lowest BCUT2D eigenvalue weighted by Crippen LogP contribution is -2.16. The van der Waals surface area contributed by atoms with Gasteiger partial charge in [-0.3, -0.25) is 4.79 Å². The molecule has 4 aromatic rings. The third-order valence-electron chi connectivity index (χ3n) is 4.98. The molecule has 0 aliphatic rings. The second kappa shape index (κ2) is 10.4. The number of rotatable bonds is 7. The maximum absolute atomic E-state index is 12.9. The summed E-state index contributed by atoms with van der Waals surface area (Å²) in [5.41, 5.74) is 3.62. The van der Waals surface area contributed by atoms with Gasteiger partial charge in [-0.2, -0.15) is 0 Å². The van der Waals surface area contributed by atoms with Crippen molar-refractivity contribution < 1.29 is 14.3 Å². The topological polar surface area (TPSA) is 93.2 Å². The largest absolute Gasteiger partial charge is 0.462 e. The Morgan fingerprint density at radius 3 is 2.44 bits per heavy atom. The first-order valence-electron chi connectivity index (χ1n) is 10.9. The number of carbonyl (C=O) groups excluding carboxylic acids is 2. The monoisotopic (exact) mass is 452 g/mol. The van der Waals surface area contributed by atoms with Gasteiger partial charge < -0.3 is 15.4 Å². The van der Waals surface area contributed by atoms with E-state index >= 15 is 0 Å². The number of hydrogen-bond donors (Lipinski definition) is 2. The van der Waals surface area contributed by atoms with Gasteiger partial charge in [0.05, 0.1) is 23.6 Å². The number of hydrogen-bond acceptors (Lipinski definition) is 6. The quantitative estimate of drug-likeness (QED) is 0.353. The molecule has 0 spiro atoms. The Balaban J connectivity index is 1.54. The molecular weight excluding hydrogens is 428 g/mol. The molecule has 1 amide bonds. The smallest absolute Gasteiger partial charge is 0.340 e. The molecule has 0 saturated heterocycles. The van der Waals surface area contributed by atoms with Crippen molar-refractivity contribution in [3.63, 3.8) is 0 Å². The van der Waals surface area contributed by atoms with E-state index in [1.165, 1.54) is 0 Å². The predicted octanol–water partition coefficient (Wildman–Crippen LogP) is 5.62. The summed E-state index contributed by atoms with van der Waals surface area (Å²) in [6.45, 7) is 3.82. The number of anilines is 3. The fourth-order valence-corrected chi connectivity index (χ4v) is 3.45. The second-order valence-corrected chi connectivity index (χ2v) is 7.48. The molecule has 34 heavy (non-hydrogen) atoms. The van der Waals surface area contributed by atoms with Gasteiger partial charge in [0.25, 0.3) is 5.91 Å².